The van der Waals surface area contributed by atoms with Crippen molar-refractivity contribution in [2.45, 2.75) is 0 Å². The lowest BCUT2D eigenvalue weighted by atomic mass is 10.1. The van der Waals surface area contributed by atoms with Crippen LogP contribution in [-0.2, 0) is 0 Å². The Bertz CT molecular complexity index is 1060. The van der Waals surface area contributed by atoms with Gasteiger partial charge in [0.15, 0.2) is 16.5 Å². The number of ether oxygens (including phenoxy) is 3. The fourth-order valence-electron chi connectivity index (χ4n) is 2.97. The first-order valence-electron chi connectivity index (χ1n) is 7.62. The highest BCUT2D eigenvalue weighted by molar-refractivity contribution is 7.15. The summed E-state index contributed by atoms with van der Waals surface area (Å²) in [5.74, 6) is 1.79. The summed E-state index contributed by atoms with van der Waals surface area (Å²) >= 11 is 1.58. The van der Waals surface area contributed by atoms with Gasteiger partial charge in [0.05, 0.1) is 38.1 Å². The summed E-state index contributed by atoms with van der Waals surface area (Å²) in [7, 11) is 4.81. The number of benzene rings is 2. The number of nitrogens with zero attached hydrogens (tertiary/aromatic N) is 2. The number of rotatable bonds is 4. The molecule has 0 aliphatic carbocycles. The SMILES string of the molecule is COc1cc(-c2csc3nc4ccc(N)cc4n23)cc(OC)c1OC. The topological polar surface area (TPSA) is 71.0 Å². The van der Waals surface area contributed by atoms with Crippen LogP contribution in [0, 0.1) is 0 Å². The number of hydrogen-bond donors (Lipinski definition) is 1. The minimum absolute atomic E-state index is 0.569. The van der Waals surface area contributed by atoms with Gasteiger partial charge in [0.2, 0.25) is 5.75 Å². The Morgan fingerprint density at radius 2 is 1.72 bits per heavy atom. The summed E-state index contributed by atoms with van der Waals surface area (Å²) < 4.78 is 18.4. The summed E-state index contributed by atoms with van der Waals surface area (Å²) in [6.07, 6.45) is 0. The van der Waals surface area contributed by atoms with Gasteiger partial charge < -0.3 is 19.9 Å². The molecule has 4 rings (SSSR count). The van der Waals surface area contributed by atoms with Crippen molar-refractivity contribution in [1.29, 1.82) is 0 Å². The second-order valence-corrected chi connectivity index (χ2v) is 6.35. The highest BCUT2D eigenvalue weighted by Crippen LogP contribution is 2.42. The molecule has 6 nitrogen and oxygen atoms in total. The Morgan fingerprint density at radius 3 is 2.36 bits per heavy atom. The number of fused-ring (bicyclic) bond motifs is 3. The highest BCUT2D eigenvalue weighted by Gasteiger charge is 2.18. The molecule has 2 aromatic carbocycles. The molecule has 0 aliphatic heterocycles. The molecule has 0 spiro atoms. The van der Waals surface area contributed by atoms with E-state index in [9.17, 15) is 0 Å². The summed E-state index contributed by atoms with van der Waals surface area (Å²) in [6.45, 7) is 0. The zero-order chi connectivity index (χ0) is 17.6. The minimum Gasteiger partial charge on any atom is -0.493 e. The van der Waals surface area contributed by atoms with Crippen molar-refractivity contribution < 1.29 is 14.2 Å². The molecule has 128 valence electrons. The molecule has 0 saturated carbocycles. The van der Waals surface area contributed by atoms with Gasteiger partial charge in [-0.2, -0.15) is 0 Å². The van der Waals surface area contributed by atoms with Crippen LogP contribution in [0.3, 0.4) is 0 Å². The maximum Gasteiger partial charge on any atom is 0.203 e. The van der Waals surface area contributed by atoms with Crippen molar-refractivity contribution in [3.63, 3.8) is 0 Å². The molecule has 2 aromatic heterocycles. The monoisotopic (exact) mass is 355 g/mol. The third-order valence-corrected chi connectivity index (χ3v) is 4.95. The Labute approximate surface area is 148 Å². The third kappa shape index (κ3) is 2.35. The normalized spacial score (nSPS) is 11.2. The summed E-state index contributed by atoms with van der Waals surface area (Å²) in [5, 5.41) is 2.06. The number of nitrogen functional groups attached to an aromatic ring is 1. The zero-order valence-electron chi connectivity index (χ0n) is 14.1. The Balaban J connectivity index is 2.01. The van der Waals surface area contributed by atoms with Crippen LogP contribution in [0.1, 0.15) is 0 Å². The van der Waals surface area contributed by atoms with Crippen LogP contribution in [0.15, 0.2) is 35.7 Å². The van der Waals surface area contributed by atoms with Crippen LogP contribution in [0.25, 0.3) is 27.3 Å². The van der Waals surface area contributed by atoms with Gasteiger partial charge in [-0.25, -0.2) is 4.98 Å². The lowest BCUT2D eigenvalue weighted by Crippen LogP contribution is -1.96. The molecular formula is C18H17N3O3S. The van der Waals surface area contributed by atoms with E-state index in [0.717, 1.165) is 27.3 Å². The molecule has 4 aromatic rings. The number of nitrogens with two attached hydrogens (primary N) is 1. The molecule has 0 unspecified atom stereocenters. The number of methoxy groups -OCH3 is 3. The van der Waals surface area contributed by atoms with E-state index in [0.29, 0.717) is 22.9 Å². The second-order valence-electron chi connectivity index (χ2n) is 5.51. The Morgan fingerprint density at radius 1 is 1.00 bits per heavy atom. The quantitative estimate of drug-likeness (QED) is 0.564. The second kappa shape index (κ2) is 5.86. The first-order valence-corrected chi connectivity index (χ1v) is 8.49. The van der Waals surface area contributed by atoms with Crippen LogP contribution in [0.4, 0.5) is 5.69 Å². The molecule has 0 bridgehead atoms. The van der Waals surface area contributed by atoms with Crippen molar-refractivity contribution >= 4 is 33.0 Å². The van der Waals surface area contributed by atoms with E-state index in [1.54, 1.807) is 32.7 Å². The van der Waals surface area contributed by atoms with Gasteiger partial charge in [0.1, 0.15) is 0 Å². The van der Waals surface area contributed by atoms with Gasteiger partial charge in [-0.1, -0.05) is 0 Å². The first kappa shape index (κ1) is 15.6. The van der Waals surface area contributed by atoms with Crippen LogP contribution in [0.2, 0.25) is 0 Å². The van der Waals surface area contributed by atoms with Gasteiger partial charge in [-0.05, 0) is 30.3 Å². The number of aromatic nitrogens is 2. The van der Waals surface area contributed by atoms with Crippen LogP contribution in [-0.4, -0.2) is 30.7 Å². The van der Waals surface area contributed by atoms with E-state index in [1.807, 2.05) is 30.3 Å². The van der Waals surface area contributed by atoms with Gasteiger partial charge >= 0.3 is 0 Å². The maximum absolute atomic E-state index is 5.97. The molecule has 0 fully saturated rings. The van der Waals surface area contributed by atoms with Crippen molar-refractivity contribution in [1.82, 2.24) is 9.38 Å². The largest absolute Gasteiger partial charge is 0.493 e. The molecule has 0 radical (unpaired) electrons. The van der Waals surface area contributed by atoms with Crippen molar-refractivity contribution in [3.05, 3.63) is 35.7 Å². The first-order chi connectivity index (χ1) is 12.2. The number of hydrogen-bond acceptors (Lipinski definition) is 6. The lowest BCUT2D eigenvalue weighted by molar-refractivity contribution is 0.324. The van der Waals surface area contributed by atoms with Gasteiger partial charge in [-0.3, -0.25) is 4.40 Å². The van der Waals surface area contributed by atoms with Crippen molar-refractivity contribution in [2.75, 3.05) is 27.1 Å². The lowest BCUT2D eigenvalue weighted by Gasteiger charge is -2.14. The molecule has 0 atom stereocenters. The van der Waals surface area contributed by atoms with E-state index in [1.165, 1.54) is 0 Å². The molecule has 2 heterocycles. The zero-order valence-corrected chi connectivity index (χ0v) is 14.9. The van der Waals surface area contributed by atoms with Gasteiger partial charge in [-0.15, -0.1) is 11.3 Å². The van der Waals surface area contributed by atoms with E-state index < -0.39 is 0 Å². The average Bonchev–Trinajstić information content (AvgIpc) is 3.19. The van der Waals surface area contributed by atoms with Crippen LogP contribution in [0.5, 0.6) is 17.2 Å². The smallest absolute Gasteiger partial charge is 0.203 e. The van der Waals surface area contributed by atoms with Crippen molar-refractivity contribution in [2.24, 2.45) is 0 Å². The minimum atomic E-state index is 0.569. The molecule has 0 amide bonds. The van der Waals surface area contributed by atoms with E-state index >= 15 is 0 Å². The van der Waals surface area contributed by atoms with Gasteiger partial charge in [0, 0.05) is 16.6 Å². The third-order valence-electron chi connectivity index (χ3n) is 4.13. The van der Waals surface area contributed by atoms with Crippen LogP contribution < -0.4 is 19.9 Å². The highest BCUT2D eigenvalue weighted by atomic mass is 32.1. The predicted molar refractivity (Wildman–Crippen MR) is 100 cm³/mol. The molecule has 2 N–H and O–H groups in total. The molecular weight excluding hydrogens is 338 g/mol. The standard InChI is InChI=1S/C18H17N3O3S/c1-22-15-6-10(7-16(23-2)17(15)24-3)14-9-25-18-20-12-5-4-11(19)8-13(12)21(14)18/h4-9H,19H2,1-3H3. The van der Waals surface area contributed by atoms with Gasteiger partial charge in [0.25, 0.3) is 0 Å². The fourth-order valence-corrected chi connectivity index (χ4v) is 3.88. The Kier molecular flexibility index (Phi) is 3.65. The Hall–Kier alpha value is -2.93. The maximum atomic E-state index is 5.97. The molecule has 25 heavy (non-hydrogen) atoms. The number of imidazole rings is 1. The molecule has 0 aliphatic rings. The molecule has 0 saturated heterocycles. The summed E-state index contributed by atoms with van der Waals surface area (Å²) in [6, 6.07) is 9.59. The number of thiazole rings is 1. The van der Waals surface area contributed by atoms with Crippen molar-refractivity contribution in [3.8, 4) is 28.5 Å². The fraction of sp³-hybridized carbons (Fsp3) is 0.167. The number of anilines is 1. The average molecular weight is 355 g/mol. The predicted octanol–water partition coefficient (Wildman–Crippen LogP) is 3.82. The van der Waals surface area contributed by atoms with Crippen LogP contribution >= 0.6 is 11.3 Å². The molecule has 7 heteroatoms. The summed E-state index contributed by atoms with van der Waals surface area (Å²) in [5.41, 5.74) is 10.5. The van der Waals surface area contributed by atoms with E-state index in [4.69, 9.17) is 19.9 Å². The summed E-state index contributed by atoms with van der Waals surface area (Å²) in [4.78, 5) is 5.57. The van der Waals surface area contributed by atoms with E-state index in [2.05, 4.69) is 14.8 Å². The van der Waals surface area contributed by atoms with E-state index in [-0.39, 0.29) is 0 Å².